The Labute approximate surface area is 189 Å². The number of aryl methyl sites for hydroxylation is 1. The number of nitrogens with zero attached hydrogens (tertiary/aromatic N) is 3. The van der Waals surface area contributed by atoms with Gasteiger partial charge in [-0.05, 0) is 43.7 Å². The maximum Gasteiger partial charge on any atom is 0.268 e. The topological polar surface area (TPSA) is 77.7 Å². The van der Waals surface area contributed by atoms with Gasteiger partial charge >= 0.3 is 0 Å². The lowest BCUT2D eigenvalue weighted by Crippen LogP contribution is -2.28. The highest BCUT2D eigenvalue weighted by molar-refractivity contribution is 6.31. The molecule has 32 heavy (non-hydrogen) atoms. The fourth-order valence-corrected chi connectivity index (χ4v) is 3.83. The van der Waals surface area contributed by atoms with Crippen LogP contribution in [0.5, 0.6) is 5.75 Å². The summed E-state index contributed by atoms with van der Waals surface area (Å²) in [5.41, 5.74) is 4.17. The van der Waals surface area contributed by atoms with Gasteiger partial charge in [0.2, 0.25) is 6.10 Å². The second kappa shape index (κ2) is 9.00. The van der Waals surface area contributed by atoms with Crippen LogP contribution in [0.4, 0.5) is 10.1 Å². The van der Waals surface area contributed by atoms with Gasteiger partial charge in [0.1, 0.15) is 11.6 Å². The fourth-order valence-electron chi connectivity index (χ4n) is 3.61. The van der Waals surface area contributed by atoms with Crippen LogP contribution in [0.3, 0.4) is 0 Å². The zero-order valence-electron chi connectivity index (χ0n) is 17.9. The molecule has 1 N–H and O–H groups in total. The summed E-state index contributed by atoms with van der Waals surface area (Å²) >= 11 is 6.15. The lowest BCUT2D eigenvalue weighted by molar-refractivity contribution is -0.125. The van der Waals surface area contributed by atoms with E-state index in [1.54, 1.807) is 24.8 Å². The summed E-state index contributed by atoms with van der Waals surface area (Å²) < 4.78 is 20.4. The molecule has 166 valence electrons. The third-order valence-corrected chi connectivity index (χ3v) is 5.70. The number of carbonyl (C=O) groups is 1. The fraction of sp³-hybridized carbons (Fsp3) is 0.261. The molecule has 0 bridgehead atoms. The van der Waals surface area contributed by atoms with E-state index in [4.69, 9.17) is 21.2 Å². The molecule has 0 radical (unpaired) electrons. The molecule has 9 heteroatoms. The Bertz CT molecular complexity index is 1210. The number of para-hydroxylation sites is 1. The van der Waals surface area contributed by atoms with Gasteiger partial charge < -0.3 is 14.9 Å². The van der Waals surface area contributed by atoms with Crippen LogP contribution in [0.25, 0.3) is 0 Å². The number of oxime groups is 1. The standard InChI is InChI=1S/C23H22ClFN4O3/c1-13-22(14(2)29(27-13)12-15-8-9-16(25)10-18(15)24)26-23(30)21-11-19(28-32-21)17-6-4-5-7-20(17)31-3/h4-10,21H,11-12H2,1-3H3,(H,26,30). The zero-order valence-corrected chi connectivity index (χ0v) is 18.6. The molecule has 4 rings (SSSR count). The lowest BCUT2D eigenvalue weighted by Gasteiger charge is -2.11. The molecule has 0 fully saturated rings. The Morgan fingerprint density at radius 1 is 1.31 bits per heavy atom. The predicted molar refractivity (Wildman–Crippen MR) is 120 cm³/mol. The number of hydrogen-bond acceptors (Lipinski definition) is 5. The van der Waals surface area contributed by atoms with Crippen molar-refractivity contribution < 1.29 is 18.8 Å². The lowest BCUT2D eigenvalue weighted by atomic mass is 10.0. The van der Waals surface area contributed by atoms with E-state index in [-0.39, 0.29) is 5.91 Å². The number of carbonyl (C=O) groups excluding carboxylic acids is 1. The Morgan fingerprint density at radius 2 is 2.09 bits per heavy atom. The number of methoxy groups -OCH3 is 1. The van der Waals surface area contributed by atoms with E-state index in [0.717, 1.165) is 16.8 Å². The second-order valence-electron chi connectivity index (χ2n) is 7.46. The number of ether oxygens (including phenoxy) is 1. The summed E-state index contributed by atoms with van der Waals surface area (Å²) in [6.07, 6.45) is -0.438. The van der Waals surface area contributed by atoms with Crippen molar-refractivity contribution in [2.24, 2.45) is 5.16 Å². The summed E-state index contributed by atoms with van der Waals surface area (Å²) in [7, 11) is 1.59. The Kier molecular flexibility index (Phi) is 6.14. The molecule has 1 amide bonds. The summed E-state index contributed by atoms with van der Waals surface area (Å²) in [4.78, 5) is 18.3. The maximum atomic E-state index is 13.3. The molecule has 1 aliphatic heterocycles. The molecule has 0 saturated carbocycles. The van der Waals surface area contributed by atoms with Gasteiger partial charge in [-0.2, -0.15) is 5.10 Å². The SMILES string of the molecule is COc1ccccc1C1=NOC(C(=O)Nc2c(C)nn(Cc3ccc(F)cc3Cl)c2C)C1. The molecular weight excluding hydrogens is 435 g/mol. The van der Waals surface area contributed by atoms with Gasteiger partial charge in [-0.3, -0.25) is 9.48 Å². The number of benzene rings is 2. The quantitative estimate of drug-likeness (QED) is 0.593. The van der Waals surface area contributed by atoms with Crippen LogP contribution in [-0.4, -0.2) is 34.6 Å². The summed E-state index contributed by atoms with van der Waals surface area (Å²) in [6.45, 7) is 4.00. The minimum atomic E-state index is -0.761. The Balaban J connectivity index is 1.46. The first kappa shape index (κ1) is 21.8. The highest BCUT2D eigenvalue weighted by Crippen LogP contribution is 2.27. The first-order valence-corrected chi connectivity index (χ1v) is 10.4. The molecule has 7 nitrogen and oxygen atoms in total. The number of hydrogen-bond donors (Lipinski definition) is 1. The molecule has 2 heterocycles. The molecule has 1 aliphatic rings. The summed E-state index contributed by atoms with van der Waals surface area (Å²) in [5.74, 6) is -0.0427. The smallest absolute Gasteiger partial charge is 0.268 e. The van der Waals surface area contributed by atoms with Crippen LogP contribution in [0, 0.1) is 19.7 Å². The number of rotatable bonds is 6. The normalized spacial score (nSPS) is 15.3. The average Bonchev–Trinajstić information content (AvgIpc) is 3.37. The van der Waals surface area contributed by atoms with Crippen molar-refractivity contribution >= 4 is 28.9 Å². The molecule has 0 saturated heterocycles. The van der Waals surface area contributed by atoms with Crippen LogP contribution >= 0.6 is 11.6 Å². The number of halogens is 2. The zero-order chi connectivity index (χ0) is 22.8. The van der Waals surface area contributed by atoms with Crippen molar-refractivity contribution in [3.63, 3.8) is 0 Å². The average molecular weight is 457 g/mol. The van der Waals surface area contributed by atoms with Crippen molar-refractivity contribution in [2.45, 2.75) is 32.9 Å². The number of amides is 1. The number of aromatic nitrogens is 2. The molecule has 0 aliphatic carbocycles. The van der Waals surface area contributed by atoms with Crippen molar-refractivity contribution in [2.75, 3.05) is 12.4 Å². The summed E-state index contributed by atoms with van der Waals surface area (Å²) in [6, 6.07) is 11.7. The van der Waals surface area contributed by atoms with Crippen LogP contribution in [0.15, 0.2) is 47.6 Å². The van der Waals surface area contributed by atoms with Crippen molar-refractivity contribution in [1.29, 1.82) is 0 Å². The highest BCUT2D eigenvalue weighted by Gasteiger charge is 2.31. The van der Waals surface area contributed by atoms with Crippen LogP contribution in [0.1, 0.15) is 28.9 Å². The molecule has 3 aromatic rings. The van der Waals surface area contributed by atoms with Gasteiger partial charge in [-0.1, -0.05) is 35.0 Å². The van der Waals surface area contributed by atoms with Gasteiger partial charge in [-0.15, -0.1) is 0 Å². The minimum Gasteiger partial charge on any atom is -0.496 e. The van der Waals surface area contributed by atoms with E-state index in [0.29, 0.717) is 40.8 Å². The molecule has 0 spiro atoms. The van der Waals surface area contributed by atoms with Crippen LogP contribution in [-0.2, 0) is 16.2 Å². The van der Waals surface area contributed by atoms with Crippen molar-refractivity contribution in [3.8, 4) is 5.75 Å². The number of nitrogens with one attached hydrogen (secondary N) is 1. The van der Waals surface area contributed by atoms with E-state index >= 15 is 0 Å². The monoisotopic (exact) mass is 456 g/mol. The van der Waals surface area contributed by atoms with Gasteiger partial charge in [-0.25, -0.2) is 4.39 Å². The first-order chi connectivity index (χ1) is 15.4. The molecule has 1 atom stereocenters. The van der Waals surface area contributed by atoms with E-state index in [1.165, 1.54) is 12.1 Å². The summed E-state index contributed by atoms with van der Waals surface area (Å²) in [5, 5.41) is 11.8. The van der Waals surface area contributed by atoms with Gasteiger partial charge in [0.15, 0.2) is 0 Å². The van der Waals surface area contributed by atoms with E-state index in [9.17, 15) is 9.18 Å². The van der Waals surface area contributed by atoms with Crippen molar-refractivity contribution in [1.82, 2.24) is 9.78 Å². The third-order valence-electron chi connectivity index (χ3n) is 5.34. The second-order valence-corrected chi connectivity index (χ2v) is 7.87. The maximum absolute atomic E-state index is 13.3. The highest BCUT2D eigenvalue weighted by atomic mass is 35.5. The molecule has 1 aromatic heterocycles. The van der Waals surface area contributed by atoms with Gasteiger partial charge in [0, 0.05) is 17.0 Å². The van der Waals surface area contributed by atoms with E-state index < -0.39 is 11.9 Å². The Morgan fingerprint density at radius 3 is 2.84 bits per heavy atom. The third kappa shape index (κ3) is 4.31. The molecule has 1 unspecified atom stereocenters. The predicted octanol–water partition coefficient (Wildman–Crippen LogP) is 4.48. The Hall–Kier alpha value is -3.39. The molecular formula is C23H22ClFN4O3. The first-order valence-electron chi connectivity index (χ1n) is 10.0. The largest absolute Gasteiger partial charge is 0.496 e. The van der Waals surface area contributed by atoms with E-state index in [2.05, 4.69) is 15.6 Å². The van der Waals surface area contributed by atoms with Gasteiger partial charge in [0.05, 0.1) is 36.4 Å². The van der Waals surface area contributed by atoms with Crippen molar-refractivity contribution in [3.05, 3.63) is 75.8 Å². The minimum absolute atomic E-state index is 0.316. The number of anilines is 1. The van der Waals surface area contributed by atoms with Crippen LogP contribution in [0.2, 0.25) is 5.02 Å². The molecule has 2 aromatic carbocycles. The van der Waals surface area contributed by atoms with E-state index in [1.807, 2.05) is 31.2 Å². The van der Waals surface area contributed by atoms with Gasteiger partial charge in [0.25, 0.3) is 5.91 Å². The van der Waals surface area contributed by atoms with Crippen LogP contribution < -0.4 is 10.1 Å².